The average molecular weight is 537 g/mol. The zero-order valence-corrected chi connectivity index (χ0v) is 22.9. The smallest absolute Gasteiger partial charge is 0.235 e. The topological polar surface area (TPSA) is 120 Å². The third-order valence-corrected chi connectivity index (χ3v) is 8.27. The van der Waals surface area contributed by atoms with Gasteiger partial charge in [-0.05, 0) is 36.1 Å². The zero-order valence-electron chi connectivity index (χ0n) is 22.1. The number of hydrogen-bond donors (Lipinski definition) is 3. The second-order valence-corrected chi connectivity index (χ2v) is 11.4. The lowest BCUT2D eigenvalue weighted by Gasteiger charge is -2.40. The lowest BCUT2D eigenvalue weighted by molar-refractivity contribution is -0.122. The summed E-state index contributed by atoms with van der Waals surface area (Å²) in [5.74, 6) is -0.465. The van der Waals surface area contributed by atoms with E-state index in [0.717, 1.165) is 19.3 Å². The predicted molar refractivity (Wildman–Crippen MR) is 143 cm³/mol. The maximum absolute atomic E-state index is 12.6. The molecular weight excluding hydrogens is 496 g/mol. The van der Waals surface area contributed by atoms with Gasteiger partial charge in [0.25, 0.3) is 0 Å². The van der Waals surface area contributed by atoms with E-state index in [-0.39, 0.29) is 31.7 Å². The van der Waals surface area contributed by atoms with Gasteiger partial charge in [0.15, 0.2) is 6.29 Å². The summed E-state index contributed by atoms with van der Waals surface area (Å²) in [5.41, 5.74) is 1.25. The fourth-order valence-corrected chi connectivity index (χ4v) is 5.97. The van der Waals surface area contributed by atoms with Crippen LogP contribution in [0.4, 0.5) is 0 Å². The molecule has 2 atom stereocenters. The molecule has 0 saturated carbocycles. The second-order valence-electron chi connectivity index (χ2n) is 9.45. The number of aliphatic hydroxyl groups is 1. The first-order valence-corrected chi connectivity index (χ1v) is 14.4. The maximum atomic E-state index is 12.6. The molecule has 1 amide bonds. The summed E-state index contributed by atoms with van der Waals surface area (Å²) in [7, 11) is -0.633. The first-order chi connectivity index (χ1) is 17.6. The van der Waals surface area contributed by atoms with Crippen LogP contribution in [0.15, 0.2) is 42.5 Å². The van der Waals surface area contributed by atoms with E-state index in [9.17, 15) is 18.3 Å². The van der Waals surface area contributed by atoms with Gasteiger partial charge in [0.1, 0.15) is 6.23 Å². The van der Waals surface area contributed by atoms with Crippen LogP contribution in [0, 0.1) is 0 Å². The Hall–Kier alpha value is -2.12. The van der Waals surface area contributed by atoms with E-state index < -0.39 is 28.4 Å². The summed E-state index contributed by atoms with van der Waals surface area (Å²) in [6.07, 6.45) is 0.851. The molecule has 0 spiro atoms. The number of amides is 1. The standard InChI is InChI=1S/C26H40N4O6S/c1-19(22-11-7-9-20-8-5-6-10-23(20)22)29-14-12-21(13-15-29)30(37(4,33)34)18-25(32)27-16-24(31)28-17-26(35-2)36-3/h5-11,19,21,24,26,28,31H,12-18H2,1-4H3,(H,27,32). The van der Waals surface area contributed by atoms with Crippen molar-refractivity contribution >= 4 is 26.7 Å². The highest BCUT2D eigenvalue weighted by molar-refractivity contribution is 7.88. The molecule has 10 nitrogen and oxygen atoms in total. The summed E-state index contributed by atoms with van der Waals surface area (Å²) >= 11 is 0. The van der Waals surface area contributed by atoms with E-state index in [1.165, 1.54) is 34.9 Å². The molecule has 3 rings (SSSR count). The number of rotatable bonds is 13. The third kappa shape index (κ3) is 8.18. The largest absolute Gasteiger partial charge is 0.377 e. The number of likely N-dealkylation sites (tertiary alicyclic amines) is 1. The monoisotopic (exact) mass is 536 g/mol. The number of nitrogens with one attached hydrogen (secondary N) is 2. The lowest BCUT2D eigenvalue weighted by Crippen LogP contribution is -2.52. The number of methoxy groups -OCH3 is 2. The number of aliphatic hydroxyl groups excluding tert-OH is 1. The van der Waals surface area contributed by atoms with Crippen molar-refractivity contribution in [1.29, 1.82) is 0 Å². The number of benzene rings is 2. The van der Waals surface area contributed by atoms with Crippen LogP contribution in [0.3, 0.4) is 0 Å². The van der Waals surface area contributed by atoms with Crippen LogP contribution in [0.2, 0.25) is 0 Å². The molecule has 206 valence electrons. The van der Waals surface area contributed by atoms with Crippen LogP contribution < -0.4 is 10.6 Å². The van der Waals surface area contributed by atoms with Gasteiger partial charge in [0.05, 0.1) is 19.3 Å². The molecule has 2 unspecified atom stereocenters. The van der Waals surface area contributed by atoms with E-state index in [2.05, 4.69) is 52.8 Å². The van der Waals surface area contributed by atoms with Gasteiger partial charge in [-0.2, -0.15) is 4.31 Å². The molecule has 3 N–H and O–H groups in total. The molecule has 1 aliphatic heterocycles. The predicted octanol–water partition coefficient (Wildman–Crippen LogP) is 1.27. The van der Waals surface area contributed by atoms with E-state index in [1.807, 2.05) is 12.1 Å². The van der Waals surface area contributed by atoms with E-state index in [1.54, 1.807) is 0 Å². The highest BCUT2D eigenvalue weighted by atomic mass is 32.2. The van der Waals surface area contributed by atoms with Crippen molar-refractivity contribution in [3.8, 4) is 0 Å². The Kier molecular flexibility index (Phi) is 10.8. The van der Waals surface area contributed by atoms with Crippen LogP contribution in [0.25, 0.3) is 10.8 Å². The molecule has 11 heteroatoms. The quantitative estimate of drug-likeness (QED) is 0.328. The Bertz CT molecular complexity index is 1110. The summed E-state index contributed by atoms with van der Waals surface area (Å²) in [6.45, 7) is 3.52. The third-order valence-electron chi connectivity index (χ3n) is 6.99. The highest BCUT2D eigenvalue weighted by Gasteiger charge is 2.33. The second kappa shape index (κ2) is 13.6. The van der Waals surface area contributed by atoms with Crippen LogP contribution in [0.5, 0.6) is 0 Å². The molecule has 1 aliphatic rings. The van der Waals surface area contributed by atoms with Crippen molar-refractivity contribution in [1.82, 2.24) is 19.8 Å². The van der Waals surface area contributed by atoms with Gasteiger partial charge in [0, 0.05) is 45.9 Å². The summed E-state index contributed by atoms with van der Waals surface area (Å²) in [5, 5.41) is 17.9. The van der Waals surface area contributed by atoms with Crippen LogP contribution in [-0.4, -0.2) is 100 Å². The van der Waals surface area contributed by atoms with Gasteiger partial charge in [-0.1, -0.05) is 42.5 Å². The van der Waals surface area contributed by atoms with Gasteiger partial charge in [-0.3, -0.25) is 15.0 Å². The Morgan fingerprint density at radius 1 is 1.11 bits per heavy atom. The fourth-order valence-electron chi connectivity index (χ4n) is 4.86. The minimum atomic E-state index is -3.60. The lowest BCUT2D eigenvalue weighted by atomic mass is 9.96. The number of fused-ring (bicyclic) bond motifs is 1. The van der Waals surface area contributed by atoms with E-state index in [0.29, 0.717) is 12.8 Å². The van der Waals surface area contributed by atoms with E-state index >= 15 is 0 Å². The van der Waals surface area contributed by atoms with Crippen molar-refractivity contribution in [3.63, 3.8) is 0 Å². The molecule has 0 aliphatic carbocycles. The highest BCUT2D eigenvalue weighted by Crippen LogP contribution is 2.31. The molecule has 0 bridgehead atoms. The van der Waals surface area contributed by atoms with Crippen LogP contribution in [0.1, 0.15) is 31.4 Å². The van der Waals surface area contributed by atoms with Crippen molar-refractivity contribution in [3.05, 3.63) is 48.0 Å². The first kappa shape index (κ1) is 29.4. The maximum Gasteiger partial charge on any atom is 0.235 e. The molecule has 0 aromatic heterocycles. The Morgan fingerprint density at radius 3 is 2.41 bits per heavy atom. The van der Waals surface area contributed by atoms with Gasteiger partial charge in [0.2, 0.25) is 15.9 Å². The average Bonchev–Trinajstić information content (AvgIpc) is 2.90. The minimum Gasteiger partial charge on any atom is -0.377 e. The number of hydrogen-bond acceptors (Lipinski definition) is 8. The molecule has 1 heterocycles. The molecule has 0 radical (unpaired) electrons. The molecule has 1 saturated heterocycles. The van der Waals surface area contributed by atoms with Gasteiger partial charge < -0.3 is 19.9 Å². The van der Waals surface area contributed by atoms with Crippen LogP contribution >= 0.6 is 0 Å². The van der Waals surface area contributed by atoms with Gasteiger partial charge >= 0.3 is 0 Å². The van der Waals surface area contributed by atoms with Gasteiger partial charge in [-0.25, -0.2) is 8.42 Å². The zero-order chi connectivity index (χ0) is 27.0. The van der Waals surface area contributed by atoms with Crippen LogP contribution in [-0.2, 0) is 24.3 Å². The molecule has 1 fully saturated rings. The number of carbonyl (C=O) groups is 1. The minimum absolute atomic E-state index is 0.0719. The number of sulfonamides is 1. The Balaban J connectivity index is 1.55. The normalized spacial score (nSPS) is 17.4. The van der Waals surface area contributed by atoms with Crippen molar-refractivity contribution in [2.75, 3.05) is 53.2 Å². The molecule has 37 heavy (non-hydrogen) atoms. The number of nitrogens with zero attached hydrogens (tertiary/aromatic N) is 2. The summed E-state index contributed by atoms with van der Waals surface area (Å²) in [4.78, 5) is 14.9. The van der Waals surface area contributed by atoms with Gasteiger partial charge in [-0.15, -0.1) is 0 Å². The number of piperidine rings is 1. The van der Waals surface area contributed by atoms with Crippen molar-refractivity contribution < 1.29 is 27.8 Å². The van der Waals surface area contributed by atoms with Crippen molar-refractivity contribution in [2.45, 2.75) is 44.4 Å². The molecule has 2 aromatic rings. The number of ether oxygens (including phenoxy) is 2. The first-order valence-electron chi connectivity index (χ1n) is 12.6. The number of carbonyl (C=O) groups excluding carboxylic acids is 1. The van der Waals surface area contributed by atoms with E-state index in [4.69, 9.17) is 9.47 Å². The fraction of sp³-hybridized carbons (Fsp3) is 0.577. The SMILES string of the molecule is COC(CNC(O)CNC(=O)CN(C1CCN(C(C)c2cccc3ccccc23)CC1)S(C)(=O)=O)OC. The summed E-state index contributed by atoms with van der Waals surface area (Å²) in [6, 6.07) is 14.6. The van der Waals surface area contributed by atoms with Crippen molar-refractivity contribution in [2.24, 2.45) is 0 Å². The Morgan fingerprint density at radius 2 is 1.76 bits per heavy atom. The Labute approximate surface area is 220 Å². The molecular formula is C26H40N4O6S. The molecule has 2 aromatic carbocycles. The summed E-state index contributed by atoms with van der Waals surface area (Å²) < 4.78 is 36.5.